The van der Waals surface area contributed by atoms with E-state index in [-0.39, 0.29) is 9.80 Å². The molecule has 140 valence electrons. The maximum atomic E-state index is 14.2. The number of allylic oxidation sites excluding steroid dienone is 1. The van der Waals surface area contributed by atoms with Crippen LogP contribution >= 0.6 is 10.3 Å². The van der Waals surface area contributed by atoms with Gasteiger partial charge in [-0.2, -0.15) is 25.2 Å². The third-order valence-electron chi connectivity index (χ3n) is 4.63. The zero-order valence-corrected chi connectivity index (χ0v) is 15.0. The molecule has 0 amide bonds. The first kappa shape index (κ1) is 18.8. The number of fused-ring (bicyclic) bond motifs is 1. The Morgan fingerprint density at radius 2 is 1.68 bits per heavy atom. The molecule has 0 spiro atoms. The van der Waals surface area contributed by atoms with E-state index >= 15 is 0 Å². The highest BCUT2D eigenvalue weighted by Crippen LogP contribution is 2.79. The first-order chi connectivity index (χ1) is 11.7. The van der Waals surface area contributed by atoms with Gasteiger partial charge in [0.05, 0.1) is 0 Å². The van der Waals surface area contributed by atoms with Crippen molar-refractivity contribution >= 4 is 26.8 Å². The Hall–Kier alpha value is -1.03. The fourth-order valence-corrected chi connectivity index (χ4v) is 8.09. The Bertz CT molecular complexity index is 781. The van der Waals surface area contributed by atoms with E-state index in [0.29, 0.717) is 18.4 Å². The molecule has 1 aromatic carbocycles. The molecule has 25 heavy (non-hydrogen) atoms. The number of hydrogen-bond donors (Lipinski definition) is 1. The van der Waals surface area contributed by atoms with E-state index in [4.69, 9.17) is 4.55 Å². The highest BCUT2D eigenvalue weighted by Gasteiger charge is 2.61. The highest BCUT2D eigenvalue weighted by molar-refractivity contribution is 8.36. The normalized spacial score (nSPS) is 27.9. The van der Waals surface area contributed by atoms with Crippen LogP contribution in [0.25, 0.3) is 6.08 Å². The Kier molecular flexibility index (Phi) is 4.95. The molecular formula is C16H19F3O4S2. The average Bonchev–Trinajstić information content (AvgIpc) is 2.67. The van der Waals surface area contributed by atoms with Gasteiger partial charge in [0, 0.05) is 20.1 Å². The van der Waals surface area contributed by atoms with E-state index in [2.05, 4.69) is 3.63 Å². The number of hydrogen-bond acceptors (Lipinski definition) is 3. The summed E-state index contributed by atoms with van der Waals surface area (Å²) in [4.78, 5) is -0.250. The number of halogens is 3. The minimum atomic E-state index is -5.30. The van der Waals surface area contributed by atoms with Crippen molar-refractivity contribution in [2.24, 2.45) is 5.92 Å². The van der Waals surface area contributed by atoms with Crippen LogP contribution in [0.15, 0.2) is 34.1 Å². The SMILES string of the molecule is O=S(=O)(O)OS1(C(F)(F)F)C(C2CCCCCC2)=Cc2ccccc21. The van der Waals surface area contributed by atoms with Crippen LogP contribution in [-0.2, 0) is 14.0 Å². The Morgan fingerprint density at radius 1 is 1.08 bits per heavy atom. The van der Waals surface area contributed by atoms with Gasteiger partial charge < -0.3 is 0 Å². The monoisotopic (exact) mass is 396 g/mol. The predicted octanol–water partition coefficient (Wildman–Crippen LogP) is 5.43. The summed E-state index contributed by atoms with van der Waals surface area (Å²) < 4.78 is 79.1. The number of alkyl halides is 3. The summed E-state index contributed by atoms with van der Waals surface area (Å²) in [7, 11) is -9.62. The first-order valence-corrected chi connectivity index (χ1v) is 11.0. The van der Waals surface area contributed by atoms with Crippen molar-refractivity contribution in [1.82, 2.24) is 0 Å². The van der Waals surface area contributed by atoms with E-state index in [1.54, 1.807) is 6.07 Å². The molecule has 0 bridgehead atoms. The molecule has 0 radical (unpaired) electrons. The van der Waals surface area contributed by atoms with E-state index in [1.807, 2.05) is 0 Å². The molecular weight excluding hydrogens is 377 g/mol. The molecule has 1 N–H and O–H groups in total. The van der Waals surface area contributed by atoms with Crippen LogP contribution in [0.2, 0.25) is 0 Å². The van der Waals surface area contributed by atoms with Gasteiger partial charge in [-0.15, -0.1) is 0 Å². The molecule has 0 aromatic heterocycles. The standard InChI is InChI=1S/C16H19F3O4S2/c17-16(18,19)24(23-25(20,21)22)14-10-6-5-9-13(14)11-15(24)12-7-3-1-2-4-8-12/h5-6,9-12H,1-4,7-8H2,(H,20,21,22). The first-order valence-electron chi connectivity index (χ1n) is 8.04. The van der Waals surface area contributed by atoms with Crippen molar-refractivity contribution in [1.29, 1.82) is 0 Å². The van der Waals surface area contributed by atoms with Crippen LogP contribution in [0.4, 0.5) is 13.2 Å². The van der Waals surface area contributed by atoms with Crippen molar-refractivity contribution in [2.75, 3.05) is 0 Å². The molecule has 1 saturated carbocycles. The number of rotatable bonds is 3. The smallest absolute Gasteiger partial charge is 0.263 e. The zero-order chi connectivity index (χ0) is 18.3. The molecule has 1 heterocycles. The number of benzene rings is 1. The van der Waals surface area contributed by atoms with Gasteiger partial charge in [-0.1, -0.05) is 43.9 Å². The second-order valence-electron chi connectivity index (χ2n) is 6.27. The average molecular weight is 396 g/mol. The molecule has 1 atom stereocenters. The maximum Gasteiger partial charge on any atom is 0.456 e. The van der Waals surface area contributed by atoms with Gasteiger partial charge in [0.1, 0.15) is 0 Å². The summed E-state index contributed by atoms with van der Waals surface area (Å²) in [5, 5.41) is 0. The topological polar surface area (TPSA) is 63.6 Å². The summed E-state index contributed by atoms with van der Waals surface area (Å²) in [5.74, 6) is -0.409. The lowest BCUT2D eigenvalue weighted by atomic mass is 9.99. The Balaban J connectivity index is 2.20. The van der Waals surface area contributed by atoms with Gasteiger partial charge in [-0.3, -0.25) is 4.55 Å². The lowest BCUT2D eigenvalue weighted by Gasteiger charge is -2.40. The van der Waals surface area contributed by atoms with Gasteiger partial charge in [-0.25, -0.2) is 0 Å². The van der Waals surface area contributed by atoms with Gasteiger partial charge in [-0.05, 0) is 36.5 Å². The molecule has 9 heteroatoms. The quantitative estimate of drug-likeness (QED) is 0.547. The fraction of sp³-hybridized carbons (Fsp3) is 0.500. The molecule has 0 saturated heterocycles. The third kappa shape index (κ3) is 3.47. The molecule has 1 aromatic rings. The minimum Gasteiger partial charge on any atom is -0.263 e. The van der Waals surface area contributed by atoms with Gasteiger partial charge in [0.2, 0.25) is 0 Å². The summed E-state index contributed by atoms with van der Waals surface area (Å²) in [6, 6.07) is 5.77. The van der Waals surface area contributed by atoms with E-state index in [0.717, 1.165) is 25.7 Å². The van der Waals surface area contributed by atoms with Crippen LogP contribution < -0.4 is 0 Å². The van der Waals surface area contributed by atoms with Gasteiger partial charge >= 0.3 is 15.9 Å². The van der Waals surface area contributed by atoms with Crippen LogP contribution in [-0.4, -0.2) is 18.5 Å². The van der Waals surface area contributed by atoms with Crippen LogP contribution in [0.1, 0.15) is 44.1 Å². The summed E-state index contributed by atoms with van der Waals surface area (Å²) in [6.07, 6.45) is 6.00. The highest BCUT2D eigenvalue weighted by atomic mass is 32.3. The molecule has 3 rings (SSSR count). The molecule has 4 nitrogen and oxygen atoms in total. The predicted molar refractivity (Wildman–Crippen MR) is 90.2 cm³/mol. The van der Waals surface area contributed by atoms with Crippen LogP contribution in [0.3, 0.4) is 0 Å². The summed E-state index contributed by atoms with van der Waals surface area (Å²) >= 11 is 0. The second kappa shape index (κ2) is 6.61. The van der Waals surface area contributed by atoms with Crippen LogP contribution in [0.5, 0.6) is 0 Å². The van der Waals surface area contributed by atoms with Gasteiger partial charge in [0.25, 0.3) is 0 Å². The lowest BCUT2D eigenvalue weighted by Crippen LogP contribution is -2.28. The summed E-state index contributed by atoms with van der Waals surface area (Å²) in [6.45, 7) is 0. The fourth-order valence-electron chi connectivity index (χ4n) is 3.64. The largest absolute Gasteiger partial charge is 0.456 e. The van der Waals surface area contributed by atoms with E-state index in [1.165, 1.54) is 24.3 Å². The van der Waals surface area contributed by atoms with Gasteiger partial charge in [0.15, 0.2) is 0 Å². The van der Waals surface area contributed by atoms with Crippen LogP contribution in [0, 0.1) is 5.92 Å². The minimum absolute atomic E-state index is 0.0410. The lowest BCUT2D eigenvalue weighted by molar-refractivity contribution is -0.0434. The molecule has 1 aliphatic heterocycles. The van der Waals surface area contributed by atoms with E-state index < -0.39 is 32.1 Å². The molecule has 1 aliphatic carbocycles. The molecule has 1 fully saturated rings. The Morgan fingerprint density at radius 3 is 2.24 bits per heavy atom. The Labute approximate surface area is 146 Å². The van der Waals surface area contributed by atoms with E-state index in [9.17, 15) is 21.6 Å². The third-order valence-corrected chi connectivity index (χ3v) is 8.89. The van der Waals surface area contributed by atoms with Crippen molar-refractivity contribution in [3.8, 4) is 0 Å². The summed E-state index contributed by atoms with van der Waals surface area (Å²) in [5.41, 5.74) is -4.65. The molecule has 1 unspecified atom stereocenters. The van der Waals surface area contributed by atoms with Crippen molar-refractivity contribution in [3.63, 3.8) is 0 Å². The van der Waals surface area contributed by atoms with Crippen molar-refractivity contribution in [3.05, 3.63) is 34.7 Å². The van der Waals surface area contributed by atoms with Crippen molar-refractivity contribution < 1.29 is 29.8 Å². The second-order valence-corrected chi connectivity index (χ2v) is 10.2. The maximum absolute atomic E-state index is 14.2. The molecule has 2 aliphatic rings. The van der Waals surface area contributed by atoms with Crippen molar-refractivity contribution in [2.45, 2.75) is 48.9 Å². The zero-order valence-electron chi connectivity index (χ0n) is 13.3.